The molecule has 32 heavy (non-hydrogen) atoms. The van der Waals surface area contributed by atoms with Crippen LogP contribution in [0.15, 0.2) is 59.8 Å². The van der Waals surface area contributed by atoms with Crippen molar-refractivity contribution in [3.8, 4) is 11.5 Å². The minimum Gasteiger partial charge on any atom is -0.459 e. The number of esters is 1. The Morgan fingerprint density at radius 1 is 0.844 bits per heavy atom. The monoisotopic (exact) mass is 436 g/mol. The van der Waals surface area contributed by atoms with Crippen LogP contribution >= 0.6 is 0 Å². The van der Waals surface area contributed by atoms with Gasteiger partial charge in [0.25, 0.3) is 0 Å². The van der Waals surface area contributed by atoms with Crippen LogP contribution in [0.25, 0.3) is 0 Å². The second-order valence-corrected chi connectivity index (χ2v) is 8.86. The molecule has 3 rings (SSSR count). The van der Waals surface area contributed by atoms with Gasteiger partial charge < -0.3 is 20.1 Å². The van der Waals surface area contributed by atoms with E-state index in [4.69, 9.17) is 9.47 Å². The van der Waals surface area contributed by atoms with Crippen LogP contribution < -0.4 is 15.4 Å². The number of hydrogen-bond donors (Lipinski definition) is 2. The van der Waals surface area contributed by atoms with Gasteiger partial charge >= 0.3 is 12.0 Å². The van der Waals surface area contributed by atoms with Gasteiger partial charge in [-0.2, -0.15) is 0 Å². The second-order valence-electron chi connectivity index (χ2n) is 8.86. The number of benzene rings is 2. The van der Waals surface area contributed by atoms with Crippen LogP contribution in [0.4, 0.5) is 4.79 Å². The highest BCUT2D eigenvalue weighted by Crippen LogP contribution is 2.32. The molecular formula is C26H32N2O4. The van der Waals surface area contributed by atoms with E-state index in [9.17, 15) is 9.59 Å². The third-order valence-electron chi connectivity index (χ3n) is 5.24. The summed E-state index contributed by atoms with van der Waals surface area (Å²) < 4.78 is 11.4. The highest BCUT2D eigenvalue weighted by molar-refractivity contribution is 5.95. The summed E-state index contributed by atoms with van der Waals surface area (Å²) >= 11 is 0. The summed E-state index contributed by atoms with van der Waals surface area (Å²) in [5.41, 5.74) is 3.03. The van der Waals surface area contributed by atoms with Crippen molar-refractivity contribution in [2.24, 2.45) is 5.92 Å². The van der Waals surface area contributed by atoms with Gasteiger partial charge in [0.15, 0.2) is 0 Å². The van der Waals surface area contributed by atoms with Crippen molar-refractivity contribution in [2.45, 2.75) is 59.6 Å². The number of amides is 2. The van der Waals surface area contributed by atoms with E-state index in [1.165, 1.54) is 5.56 Å². The number of allylic oxidation sites excluding steroid dienone is 1. The van der Waals surface area contributed by atoms with Crippen LogP contribution in [0.3, 0.4) is 0 Å². The molecule has 0 saturated heterocycles. The molecule has 1 atom stereocenters. The van der Waals surface area contributed by atoms with Crippen molar-refractivity contribution >= 4 is 12.0 Å². The van der Waals surface area contributed by atoms with Crippen LogP contribution in [0.1, 0.15) is 64.6 Å². The SMILES string of the molecule is CC(C)OC(=O)C1=C(C(C)C)NC(=O)NC1c1ccc(Oc2ccc(C(C)C)cc2)cc1. The van der Waals surface area contributed by atoms with E-state index >= 15 is 0 Å². The number of hydrogen-bond acceptors (Lipinski definition) is 4. The standard InChI is InChI=1S/C26H32N2O4/c1-15(2)18-7-11-20(12-8-18)32-21-13-9-19(10-14-21)24-22(25(29)31-17(5)6)23(16(3)4)27-26(30)28-24/h7-17,24H,1-6H3,(H2,27,28,30). The first kappa shape index (κ1) is 23.4. The van der Waals surface area contributed by atoms with Gasteiger partial charge in [0.2, 0.25) is 0 Å². The zero-order valence-electron chi connectivity index (χ0n) is 19.6. The Morgan fingerprint density at radius 2 is 1.41 bits per heavy atom. The second kappa shape index (κ2) is 9.90. The number of ether oxygens (including phenoxy) is 2. The third-order valence-corrected chi connectivity index (χ3v) is 5.24. The first-order valence-electron chi connectivity index (χ1n) is 11.1. The summed E-state index contributed by atoms with van der Waals surface area (Å²) in [6, 6.07) is 14.5. The molecule has 1 unspecified atom stereocenters. The van der Waals surface area contributed by atoms with Crippen LogP contribution in [-0.4, -0.2) is 18.1 Å². The summed E-state index contributed by atoms with van der Waals surface area (Å²) in [7, 11) is 0. The van der Waals surface area contributed by atoms with Crippen LogP contribution in [0, 0.1) is 5.92 Å². The number of nitrogens with one attached hydrogen (secondary N) is 2. The highest BCUT2D eigenvalue weighted by Gasteiger charge is 2.35. The Labute approximate surface area is 190 Å². The average molecular weight is 437 g/mol. The van der Waals surface area contributed by atoms with E-state index in [1.54, 1.807) is 13.8 Å². The Bertz CT molecular complexity index is 989. The third kappa shape index (κ3) is 5.49. The molecule has 6 heteroatoms. The van der Waals surface area contributed by atoms with E-state index < -0.39 is 12.0 Å². The Morgan fingerprint density at radius 3 is 1.91 bits per heavy atom. The van der Waals surface area contributed by atoms with Crippen molar-refractivity contribution in [2.75, 3.05) is 0 Å². The quantitative estimate of drug-likeness (QED) is 0.536. The first-order chi connectivity index (χ1) is 15.2. The molecule has 2 amide bonds. The van der Waals surface area contributed by atoms with E-state index in [-0.39, 0.29) is 18.1 Å². The maximum atomic E-state index is 12.9. The summed E-state index contributed by atoms with van der Waals surface area (Å²) in [4.78, 5) is 25.2. The van der Waals surface area contributed by atoms with Gasteiger partial charge in [0.05, 0.1) is 17.7 Å². The van der Waals surface area contributed by atoms with E-state index in [0.717, 1.165) is 11.3 Å². The summed E-state index contributed by atoms with van der Waals surface area (Å²) in [6.45, 7) is 11.8. The molecule has 1 aliphatic rings. The molecule has 0 radical (unpaired) electrons. The predicted octanol–water partition coefficient (Wildman–Crippen LogP) is 5.82. The maximum Gasteiger partial charge on any atom is 0.338 e. The Kier molecular flexibility index (Phi) is 7.23. The molecule has 2 aromatic carbocycles. The molecule has 2 N–H and O–H groups in total. The van der Waals surface area contributed by atoms with Crippen molar-refractivity contribution in [1.82, 2.24) is 10.6 Å². The van der Waals surface area contributed by atoms with Crippen LogP contribution in [0.5, 0.6) is 11.5 Å². The zero-order valence-corrected chi connectivity index (χ0v) is 19.6. The molecule has 0 aromatic heterocycles. The maximum absolute atomic E-state index is 12.9. The lowest BCUT2D eigenvalue weighted by atomic mass is 9.91. The van der Waals surface area contributed by atoms with Gasteiger partial charge in [-0.25, -0.2) is 9.59 Å². The van der Waals surface area contributed by atoms with Gasteiger partial charge in [0.1, 0.15) is 11.5 Å². The molecule has 0 fully saturated rings. The van der Waals surface area contributed by atoms with Crippen molar-refractivity contribution in [3.63, 3.8) is 0 Å². The van der Waals surface area contributed by atoms with Crippen molar-refractivity contribution in [3.05, 3.63) is 70.9 Å². The number of urea groups is 1. The van der Waals surface area contributed by atoms with E-state index in [0.29, 0.717) is 22.9 Å². The van der Waals surface area contributed by atoms with Crippen molar-refractivity contribution in [1.29, 1.82) is 0 Å². The van der Waals surface area contributed by atoms with Crippen molar-refractivity contribution < 1.29 is 19.1 Å². The highest BCUT2D eigenvalue weighted by atomic mass is 16.5. The van der Waals surface area contributed by atoms with Crippen LogP contribution in [0.2, 0.25) is 0 Å². The van der Waals surface area contributed by atoms with Gasteiger partial charge in [0, 0.05) is 5.70 Å². The lowest BCUT2D eigenvalue weighted by Crippen LogP contribution is -2.47. The lowest BCUT2D eigenvalue weighted by molar-refractivity contribution is -0.143. The number of carbonyl (C=O) groups is 2. The Balaban J connectivity index is 1.87. The smallest absolute Gasteiger partial charge is 0.338 e. The first-order valence-corrected chi connectivity index (χ1v) is 11.1. The van der Waals surface area contributed by atoms with E-state index in [2.05, 4.69) is 36.6 Å². The molecule has 0 aliphatic carbocycles. The molecule has 0 spiro atoms. The molecule has 2 aromatic rings. The zero-order chi connectivity index (χ0) is 23.4. The Hall–Kier alpha value is -3.28. The van der Waals surface area contributed by atoms with Gasteiger partial charge in [-0.05, 0) is 61.1 Å². The predicted molar refractivity (Wildman–Crippen MR) is 125 cm³/mol. The van der Waals surface area contributed by atoms with Gasteiger partial charge in [-0.1, -0.05) is 52.0 Å². The largest absolute Gasteiger partial charge is 0.459 e. The lowest BCUT2D eigenvalue weighted by Gasteiger charge is -2.31. The minimum atomic E-state index is -0.605. The molecule has 6 nitrogen and oxygen atoms in total. The summed E-state index contributed by atoms with van der Waals surface area (Å²) in [5.74, 6) is 1.40. The van der Waals surface area contributed by atoms with Gasteiger partial charge in [-0.3, -0.25) is 0 Å². The normalized spacial score (nSPS) is 16.3. The van der Waals surface area contributed by atoms with E-state index in [1.807, 2.05) is 50.2 Å². The topological polar surface area (TPSA) is 76.7 Å². The molecule has 170 valence electrons. The fourth-order valence-electron chi connectivity index (χ4n) is 3.58. The summed E-state index contributed by atoms with van der Waals surface area (Å²) in [6.07, 6.45) is -0.264. The van der Waals surface area contributed by atoms with Crippen LogP contribution in [-0.2, 0) is 9.53 Å². The number of carbonyl (C=O) groups excluding carboxylic acids is 2. The van der Waals surface area contributed by atoms with Gasteiger partial charge in [-0.15, -0.1) is 0 Å². The molecule has 0 bridgehead atoms. The number of rotatable bonds is 7. The molecule has 1 heterocycles. The molecule has 0 saturated carbocycles. The fraction of sp³-hybridized carbons (Fsp3) is 0.385. The average Bonchev–Trinajstić information content (AvgIpc) is 2.73. The molecular weight excluding hydrogens is 404 g/mol. The fourth-order valence-corrected chi connectivity index (χ4v) is 3.58. The molecule has 1 aliphatic heterocycles. The minimum absolute atomic E-state index is 0.0466. The summed E-state index contributed by atoms with van der Waals surface area (Å²) in [5, 5.41) is 5.64.